The molecule has 0 amide bonds. The number of hydrogen-bond donors (Lipinski definition) is 1. The third-order valence-electron chi connectivity index (χ3n) is 4.34. The van der Waals surface area contributed by atoms with Gasteiger partial charge in [0, 0.05) is 32.7 Å². The third kappa shape index (κ3) is 3.46. The maximum absolute atomic E-state index is 6.46. The Kier molecular flexibility index (Phi) is 5.70. The lowest BCUT2D eigenvalue weighted by molar-refractivity contribution is 0.221. The van der Waals surface area contributed by atoms with Crippen molar-refractivity contribution in [1.82, 2.24) is 10.2 Å². The monoisotopic (exact) mass is 295 g/mol. The lowest BCUT2D eigenvalue weighted by Gasteiger charge is -2.38. The van der Waals surface area contributed by atoms with Crippen LogP contribution in [0.5, 0.6) is 0 Å². The molecule has 1 aliphatic heterocycles. The largest absolute Gasteiger partial charge is 0.370 e. The van der Waals surface area contributed by atoms with E-state index in [1.54, 1.807) is 0 Å². The number of anilines is 1. The number of nitrogens with zero attached hydrogens (tertiary/aromatic N) is 2. The molecule has 0 aliphatic carbocycles. The van der Waals surface area contributed by atoms with E-state index >= 15 is 0 Å². The third-order valence-corrected chi connectivity index (χ3v) is 4.65. The van der Waals surface area contributed by atoms with E-state index in [0.717, 1.165) is 18.1 Å². The number of hydrogen-bond acceptors (Lipinski definition) is 3. The molecule has 1 saturated heterocycles. The standard InChI is InChI=1S/C16H26ClN3/c1-4-20-10-8-14(9-11-20)19(3)16-13(12-18-2)6-5-7-15(16)17/h5-7,14,18H,4,8-12H2,1-3H3. The van der Waals surface area contributed by atoms with Crippen molar-refractivity contribution in [3.05, 3.63) is 28.8 Å². The molecular formula is C16H26ClN3. The van der Waals surface area contributed by atoms with Gasteiger partial charge in [-0.25, -0.2) is 0 Å². The first-order valence-corrected chi connectivity index (χ1v) is 7.92. The number of halogens is 1. The maximum atomic E-state index is 6.46. The molecule has 1 fully saturated rings. The molecule has 1 aromatic rings. The van der Waals surface area contributed by atoms with E-state index < -0.39 is 0 Å². The summed E-state index contributed by atoms with van der Waals surface area (Å²) >= 11 is 6.46. The fourth-order valence-corrected chi connectivity index (χ4v) is 3.42. The van der Waals surface area contributed by atoms with Gasteiger partial charge in [-0.2, -0.15) is 0 Å². The molecule has 1 N–H and O–H groups in total. The van der Waals surface area contributed by atoms with Crippen molar-refractivity contribution in [1.29, 1.82) is 0 Å². The minimum atomic E-state index is 0.591. The normalized spacial score (nSPS) is 17.4. The number of benzene rings is 1. The van der Waals surface area contributed by atoms with Crippen molar-refractivity contribution in [3.8, 4) is 0 Å². The maximum Gasteiger partial charge on any atom is 0.0642 e. The Hall–Kier alpha value is -0.770. The average molecular weight is 296 g/mol. The topological polar surface area (TPSA) is 18.5 Å². The zero-order chi connectivity index (χ0) is 14.5. The van der Waals surface area contributed by atoms with E-state index in [0.29, 0.717) is 6.04 Å². The second-order valence-electron chi connectivity index (χ2n) is 5.55. The van der Waals surface area contributed by atoms with Gasteiger partial charge < -0.3 is 15.1 Å². The molecular weight excluding hydrogens is 270 g/mol. The molecule has 20 heavy (non-hydrogen) atoms. The van der Waals surface area contributed by atoms with E-state index in [2.05, 4.69) is 35.2 Å². The van der Waals surface area contributed by atoms with Crippen LogP contribution in [0.1, 0.15) is 25.3 Å². The Morgan fingerprint density at radius 1 is 1.35 bits per heavy atom. The van der Waals surface area contributed by atoms with Crippen LogP contribution >= 0.6 is 11.6 Å². The lowest BCUT2D eigenvalue weighted by Crippen LogP contribution is -2.43. The quantitative estimate of drug-likeness (QED) is 0.901. The Morgan fingerprint density at radius 2 is 2.05 bits per heavy atom. The first-order chi connectivity index (χ1) is 9.67. The minimum absolute atomic E-state index is 0.591. The van der Waals surface area contributed by atoms with Gasteiger partial charge in [-0.3, -0.25) is 0 Å². The zero-order valence-corrected chi connectivity index (χ0v) is 13.6. The van der Waals surface area contributed by atoms with Crippen LogP contribution in [0.25, 0.3) is 0 Å². The molecule has 3 nitrogen and oxygen atoms in total. The Bertz CT molecular complexity index is 428. The number of piperidine rings is 1. The summed E-state index contributed by atoms with van der Waals surface area (Å²) in [6.07, 6.45) is 2.43. The summed E-state index contributed by atoms with van der Waals surface area (Å²) in [4.78, 5) is 4.91. The van der Waals surface area contributed by atoms with Crippen molar-refractivity contribution in [2.24, 2.45) is 0 Å². The molecule has 2 rings (SSSR count). The summed E-state index contributed by atoms with van der Waals surface area (Å²) in [6, 6.07) is 6.78. The number of likely N-dealkylation sites (tertiary alicyclic amines) is 1. The van der Waals surface area contributed by atoms with E-state index in [1.807, 2.05) is 19.2 Å². The van der Waals surface area contributed by atoms with Crippen LogP contribution in [0.4, 0.5) is 5.69 Å². The first kappa shape index (κ1) is 15.6. The second-order valence-corrected chi connectivity index (χ2v) is 5.96. The number of rotatable bonds is 5. The molecule has 0 bridgehead atoms. The van der Waals surface area contributed by atoms with Crippen LogP contribution in [0.15, 0.2) is 18.2 Å². The average Bonchev–Trinajstić information content (AvgIpc) is 2.47. The molecule has 0 atom stereocenters. The van der Waals surface area contributed by atoms with E-state index in [1.165, 1.54) is 37.2 Å². The highest BCUT2D eigenvalue weighted by Crippen LogP contribution is 2.32. The molecule has 112 valence electrons. The molecule has 1 aliphatic rings. The van der Waals surface area contributed by atoms with Crippen LogP contribution < -0.4 is 10.2 Å². The van der Waals surface area contributed by atoms with Crippen molar-refractivity contribution in [3.63, 3.8) is 0 Å². The van der Waals surface area contributed by atoms with Crippen LogP contribution in [-0.2, 0) is 6.54 Å². The highest BCUT2D eigenvalue weighted by molar-refractivity contribution is 6.33. The predicted molar refractivity (Wildman–Crippen MR) is 87.8 cm³/mol. The lowest BCUT2D eigenvalue weighted by atomic mass is 10.0. The molecule has 1 aromatic carbocycles. The van der Waals surface area contributed by atoms with Crippen molar-refractivity contribution >= 4 is 17.3 Å². The minimum Gasteiger partial charge on any atom is -0.370 e. The van der Waals surface area contributed by atoms with Gasteiger partial charge in [-0.05, 0) is 38.1 Å². The van der Waals surface area contributed by atoms with Crippen molar-refractivity contribution in [2.75, 3.05) is 38.6 Å². The van der Waals surface area contributed by atoms with Gasteiger partial charge in [0.1, 0.15) is 0 Å². The fourth-order valence-electron chi connectivity index (χ4n) is 3.09. The first-order valence-electron chi connectivity index (χ1n) is 7.54. The summed E-state index contributed by atoms with van der Waals surface area (Å²) in [7, 11) is 4.16. The van der Waals surface area contributed by atoms with Crippen LogP contribution in [0.2, 0.25) is 5.02 Å². The second kappa shape index (κ2) is 7.30. The SMILES string of the molecule is CCN1CCC(N(C)c2c(Cl)cccc2CNC)CC1. The van der Waals surface area contributed by atoms with Gasteiger partial charge >= 0.3 is 0 Å². The summed E-state index contributed by atoms with van der Waals surface area (Å²) in [5.74, 6) is 0. The van der Waals surface area contributed by atoms with Gasteiger partial charge in [0.25, 0.3) is 0 Å². The van der Waals surface area contributed by atoms with E-state index in [-0.39, 0.29) is 0 Å². The fraction of sp³-hybridized carbons (Fsp3) is 0.625. The molecule has 4 heteroatoms. The van der Waals surface area contributed by atoms with Crippen LogP contribution in [0, 0.1) is 0 Å². The number of nitrogens with one attached hydrogen (secondary N) is 1. The van der Waals surface area contributed by atoms with Gasteiger partial charge in [0.15, 0.2) is 0 Å². The van der Waals surface area contributed by atoms with Gasteiger partial charge in [0.05, 0.1) is 10.7 Å². The molecule has 0 unspecified atom stereocenters. The summed E-state index contributed by atoms with van der Waals surface area (Å²) < 4.78 is 0. The van der Waals surface area contributed by atoms with Crippen molar-refractivity contribution in [2.45, 2.75) is 32.4 Å². The Morgan fingerprint density at radius 3 is 2.65 bits per heavy atom. The van der Waals surface area contributed by atoms with E-state index in [9.17, 15) is 0 Å². The van der Waals surface area contributed by atoms with Crippen LogP contribution in [-0.4, -0.2) is 44.7 Å². The molecule has 0 aromatic heterocycles. The smallest absolute Gasteiger partial charge is 0.0642 e. The van der Waals surface area contributed by atoms with Gasteiger partial charge in [-0.15, -0.1) is 0 Å². The summed E-state index contributed by atoms with van der Waals surface area (Å²) in [5, 5.41) is 4.09. The zero-order valence-electron chi connectivity index (χ0n) is 12.8. The predicted octanol–water partition coefficient (Wildman–Crippen LogP) is 2.98. The van der Waals surface area contributed by atoms with Crippen molar-refractivity contribution < 1.29 is 0 Å². The molecule has 1 heterocycles. The Balaban J connectivity index is 2.14. The molecule has 0 radical (unpaired) electrons. The van der Waals surface area contributed by atoms with Gasteiger partial charge in [-0.1, -0.05) is 30.7 Å². The summed E-state index contributed by atoms with van der Waals surface area (Å²) in [6.45, 7) is 6.64. The molecule has 0 spiro atoms. The molecule has 0 saturated carbocycles. The highest BCUT2D eigenvalue weighted by Gasteiger charge is 2.24. The number of para-hydroxylation sites is 1. The Labute approximate surface area is 127 Å². The summed E-state index contributed by atoms with van der Waals surface area (Å²) in [5.41, 5.74) is 2.47. The van der Waals surface area contributed by atoms with Gasteiger partial charge in [0.2, 0.25) is 0 Å². The van der Waals surface area contributed by atoms with E-state index in [4.69, 9.17) is 11.6 Å². The highest BCUT2D eigenvalue weighted by atomic mass is 35.5. The van der Waals surface area contributed by atoms with Crippen LogP contribution in [0.3, 0.4) is 0 Å².